The fraction of sp³-hybridized carbons (Fsp3) is 0.500. The summed E-state index contributed by atoms with van der Waals surface area (Å²) in [4.78, 5) is 26.4. The van der Waals surface area contributed by atoms with Crippen molar-refractivity contribution < 1.29 is 19.1 Å². The Morgan fingerprint density at radius 2 is 2.05 bits per heavy atom. The average molecular weight is 323 g/mol. The third-order valence-electron chi connectivity index (χ3n) is 3.08. The number of fused-ring (bicyclic) bond motifs is 1. The van der Waals surface area contributed by atoms with Gasteiger partial charge in [-0.2, -0.15) is 0 Å². The van der Waals surface area contributed by atoms with Crippen LogP contribution in [-0.4, -0.2) is 37.1 Å². The van der Waals surface area contributed by atoms with E-state index in [1.165, 1.54) is 7.11 Å². The molecule has 0 bridgehead atoms. The molecule has 1 aromatic carbocycles. The van der Waals surface area contributed by atoms with Crippen molar-refractivity contribution in [2.75, 3.05) is 24.3 Å². The Kier molecular flexibility index (Phi) is 5.01. The Labute approximate surface area is 135 Å². The highest BCUT2D eigenvalue weighted by Crippen LogP contribution is 2.36. The minimum Gasteiger partial charge on any atom is -0.469 e. The molecule has 0 aliphatic carbocycles. The van der Waals surface area contributed by atoms with Crippen molar-refractivity contribution in [3.05, 3.63) is 23.8 Å². The van der Waals surface area contributed by atoms with E-state index >= 15 is 0 Å². The van der Waals surface area contributed by atoms with Crippen LogP contribution in [0.25, 0.3) is 0 Å². The van der Waals surface area contributed by atoms with E-state index in [1.54, 1.807) is 16.7 Å². The lowest BCUT2D eigenvalue weighted by Crippen LogP contribution is -2.39. The maximum absolute atomic E-state index is 12.4. The van der Waals surface area contributed by atoms with Crippen molar-refractivity contribution in [1.82, 2.24) is 0 Å². The molecule has 1 aliphatic rings. The first-order chi connectivity index (χ1) is 10.3. The van der Waals surface area contributed by atoms with Gasteiger partial charge in [-0.3, -0.25) is 9.69 Å². The molecular weight excluding hydrogens is 302 g/mol. The van der Waals surface area contributed by atoms with E-state index in [2.05, 4.69) is 4.74 Å². The number of esters is 1. The predicted octanol–water partition coefficient (Wildman–Crippen LogP) is 3.25. The standard InChI is InChI=1S/C16H21NO4S/c1-16(2,3)21-15(19)17-7-8-22-13-6-5-11(9-12(13)17)10-14(18)20-4/h5-6,9H,7-8,10H2,1-4H3. The quantitative estimate of drug-likeness (QED) is 0.782. The van der Waals surface area contributed by atoms with Gasteiger partial charge in [-0.25, -0.2) is 4.79 Å². The molecule has 0 saturated heterocycles. The number of thioether (sulfide) groups is 1. The Hall–Kier alpha value is -1.69. The third kappa shape index (κ3) is 4.16. The maximum Gasteiger partial charge on any atom is 0.414 e. The van der Waals surface area contributed by atoms with Crippen LogP contribution in [0.2, 0.25) is 0 Å². The number of amides is 1. The molecule has 5 nitrogen and oxygen atoms in total. The maximum atomic E-state index is 12.4. The fourth-order valence-electron chi connectivity index (χ4n) is 2.12. The molecule has 22 heavy (non-hydrogen) atoms. The summed E-state index contributed by atoms with van der Waals surface area (Å²) >= 11 is 1.70. The minimum absolute atomic E-state index is 0.191. The Morgan fingerprint density at radius 3 is 2.68 bits per heavy atom. The summed E-state index contributed by atoms with van der Waals surface area (Å²) in [7, 11) is 1.36. The van der Waals surface area contributed by atoms with Crippen LogP contribution < -0.4 is 4.90 Å². The summed E-state index contributed by atoms with van der Waals surface area (Å²) in [5.74, 6) is 0.523. The van der Waals surface area contributed by atoms with Crippen LogP contribution >= 0.6 is 11.8 Å². The predicted molar refractivity (Wildman–Crippen MR) is 86.5 cm³/mol. The molecule has 1 aliphatic heterocycles. The normalized spacial score (nSPS) is 14.3. The Balaban J connectivity index is 2.26. The zero-order chi connectivity index (χ0) is 16.3. The van der Waals surface area contributed by atoms with Gasteiger partial charge in [0.15, 0.2) is 0 Å². The average Bonchev–Trinajstić information content (AvgIpc) is 2.44. The first-order valence-corrected chi connectivity index (χ1v) is 8.12. The lowest BCUT2D eigenvalue weighted by atomic mass is 10.1. The number of nitrogens with zero attached hydrogens (tertiary/aromatic N) is 1. The molecule has 0 atom stereocenters. The van der Waals surface area contributed by atoms with E-state index in [9.17, 15) is 9.59 Å². The number of ether oxygens (including phenoxy) is 2. The van der Waals surface area contributed by atoms with Crippen molar-refractivity contribution in [3.63, 3.8) is 0 Å². The van der Waals surface area contributed by atoms with Gasteiger partial charge in [0.05, 0.1) is 19.2 Å². The second-order valence-corrected chi connectivity index (χ2v) is 7.17. The van der Waals surface area contributed by atoms with Crippen LogP contribution in [0.15, 0.2) is 23.1 Å². The van der Waals surface area contributed by atoms with Crippen molar-refractivity contribution in [1.29, 1.82) is 0 Å². The van der Waals surface area contributed by atoms with E-state index in [-0.39, 0.29) is 18.5 Å². The zero-order valence-corrected chi connectivity index (χ0v) is 14.2. The summed E-state index contributed by atoms with van der Waals surface area (Å²) in [5, 5.41) is 0. The van der Waals surface area contributed by atoms with Gasteiger partial charge in [-0.15, -0.1) is 11.8 Å². The highest BCUT2D eigenvalue weighted by atomic mass is 32.2. The summed E-state index contributed by atoms with van der Waals surface area (Å²) in [6.07, 6.45) is -0.166. The third-order valence-corrected chi connectivity index (χ3v) is 4.12. The number of rotatable bonds is 2. The monoisotopic (exact) mass is 323 g/mol. The number of anilines is 1. The zero-order valence-electron chi connectivity index (χ0n) is 13.3. The van der Waals surface area contributed by atoms with Crippen LogP contribution in [0.4, 0.5) is 10.5 Å². The van der Waals surface area contributed by atoms with Gasteiger partial charge in [-0.1, -0.05) is 6.07 Å². The van der Waals surface area contributed by atoms with Gasteiger partial charge in [0.1, 0.15) is 5.60 Å². The van der Waals surface area contributed by atoms with Crippen LogP contribution in [0, 0.1) is 0 Å². The van der Waals surface area contributed by atoms with E-state index in [4.69, 9.17) is 4.74 Å². The van der Waals surface area contributed by atoms with Crippen LogP contribution in [0.5, 0.6) is 0 Å². The van der Waals surface area contributed by atoms with Crippen LogP contribution in [-0.2, 0) is 20.7 Å². The van der Waals surface area contributed by atoms with Gasteiger partial charge in [0, 0.05) is 17.2 Å². The smallest absolute Gasteiger partial charge is 0.414 e. The first-order valence-electron chi connectivity index (χ1n) is 7.13. The highest BCUT2D eigenvalue weighted by molar-refractivity contribution is 7.99. The summed E-state index contributed by atoms with van der Waals surface area (Å²) in [6, 6.07) is 5.69. The number of hydrogen-bond donors (Lipinski definition) is 0. The second-order valence-electron chi connectivity index (χ2n) is 6.04. The number of methoxy groups -OCH3 is 1. The molecule has 1 heterocycles. The van der Waals surface area contributed by atoms with Crippen molar-refractivity contribution in [2.24, 2.45) is 0 Å². The highest BCUT2D eigenvalue weighted by Gasteiger charge is 2.28. The lowest BCUT2D eigenvalue weighted by molar-refractivity contribution is -0.139. The lowest BCUT2D eigenvalue weighted by Gasteiger charge is -2.31. The van der Waals surface area contributed by atoms with Gasteiger partial charge >= 0.3 is 12.1 Å². The van der Waals surface area contributed by atoms with Crippen molar-refractivity contribution in [2.45, 2.75) is 37.7 Å². The van der Waals surface area contributed by atoms with Gasteiger partial charge in [0.2, 0.25) is 0 Å². The molecule has 1 aromatic rings. The molecule has 0 N–H and O–H groups in total. The van der Waals surface area contributed by atoms with E-state index in [0.717, 1.165) is 21.9 Å². The molecule has 0 fully saturated rings. The van der Waals surface area contributed by atoms with Gasteiger partial charge < -0.3 is 9.47 Å². The van der Waals surface area contributed by atoms with Crippen molar-refractivity contribution in [3.8, 4) is 0 Å². The second kappa shape index (κ2) is 6.60. The molecule has 1 amide bonds. The molecule has 0 unspecified atom stereocenters. The molecule has 0 aromatic heterocycles. The molecule has 0 saturated carbocycles. The Bertz CT molecular complexity index is 580. The molecule has 0 radical (unpaired) electrons. The largest absolute Gasteiger partial charge is 0.469 e. The molecule has 0 spiro atoms. The molecule has 120 valence electrons. The van der Waals surface area contributed by atoms with E-state index < -0.39 is 5.60 Å². The SMILES string of the molecule is COC(=O)Cc1ccc2c(c1)N(C(=O)OC(C)(C)C)CCS2. The number of hydrogen-bond acceptors (Lipinski definition) is 5. The van der Waals surface area contributed by atoms with Crippen LogP contribution in [0.3, 0.4) is 0 Å². The van der Waals surface area contributed by atoms with Crippen LogP contribution in [0.1, 0.15) is 26.3 Å². The summed E-state index contributed by atoms with van der Waals surface area (Å²) in [6.45, 7) is 6.13. The molecular formula is C16H21NO4S. The molecule has 6 heteroatoms. The number of carbonyl (C=O) groups excluding carboxylic acids is 2. The van der Waals surface area contributed by atoms with Gasteiger partial charge in [0.25, 0.3) is 0 Å². The number of carbonyl (C=O) groups is 2. The summed E-state index contributed by atoms with van der Waals surface area (Å²) in [5.41, 5.74) is 1.08. The Morgan fingerprint density at radius 1 is 1.32 bits per heavy atom. The fourth-order valence-corrected chi connectivity index (χ4v) is 3.09. The van der Waals surface area contributed by atoms with E-state index in [1.807, 2.05) is 39.0 Å². The number of benzene rings is 1. The van der Waals surface area contributed by atoms with Gasteiger partial charge in [-0.05, 0) is 38.5 Å². The minimum atomic E-state index is -0.536. The summed E-state index contributed by atoms with van der Waals surface area (Å²) < 4.78 is 10.2. The topological polar surface area (TPSA) is 55.8 Å². The van der Waals surface area contributed by atoms with Crippen molar-refractivity contribution >= 4 is 29.5 Å². The van der Waals surface area contributed by atoms with E-state index in [0.29, 0.717) is 6.54 Å². The first kappa shape index (κ1) is 16.7. The molecule has 2 rings (SSSR count).